The van der Waals surface area contributed by atoms with Crippen LogP contribution in [0.2, 0.25) is 0 Å². The van der Waals surface area contributed by atoms with Gasteiger partial charge in [-0.1, -0.05) is 12.1 Å². The molecule has 0 aliphatic carbocycles. The van der Waals surface area contributed by atoms with Gasteiger partial charge in [0, 0.05) is 24.8 Å². The quantitative estimate of drug-likeness (QED) is 0.653. The number of amidine groups is 1. The van der Waals surface area contributed by atoms with Gasteiger partial charge in [0.1, 0.15) is 11.7 Å². The summed E-state index contributed by atoms with van der Waals surface area (Å²) in [4.78, 5) is 2.01. The van der Waals surface area contributed by atoms with Crippen molar-refractivity contribution < 1.29 is 4.39 Å². The van der Waals surface area contributed by atoms with Gasteiger partial charge in [-0.3, -0.25) is 5.41 Å². The fourth-order valence-corrected chi connectivity index (χ4v) is 1.90. The lowest BCUT2D eigenvalue weighted by atomic mass is 10.1. The molecule has 0 radical (unpaired) electrons. The molecule has 0 bridgehead atoms. The maximum atomic E-state index is 13.1. The zero-order valence-electron chi connectivity index (χ0n) is 10.7. The van der Waals surface area contributed by atoms with Crippen molar-refractivity contribution in [1.29, 1.82) is 5.41 Å². The van der Waals surface area contributed by atoms with Gasteiger partial charge in [-0.2, -0.15) is 0 Å². The van der Waals surface area contributed by atoms with Crippen molar-refractivity contribution in [2.45, 2.75) is 6.54 Å². The minimum Gasteiger partial charge on any atom is -0.384 e. The number of nitrogens with zero attached hydrogens (tertiary/aromatic N) is 1. The van der Waals surface area contributed by atoms with E-state index in [0.717, 1.165) is 11.3 Å². The number of nitrogen functional groups attached to an aromatic ring is 1. The molecule has 0 saturated carbocycles. The van der Waals surface area contributed by atoms with Crippen LogP contribution in [0, 0.1) is 11.2 Å². The number of halogens is 1. The van der Waals surface area contributed by atoms with Gasteiger partial charge in [0.2, 0.25) is 0 Å². The lowest BCUT2D eigenvalue weighted by Crippen LogP contribution is -2.17. The predicted molar refractivity (Wildman–Crippen MR) is 76.0 cm³/mol. The molecule has 2 aromatic rings. The monoisotopic (exact) mass is 257 g/mol. The standard InChI is InChI=1S/C15H16FN3/c1-19(10-11-3-2-4-13(16)9-11)14-7-5-12(6-8-14)15(17)18/h2-9H,10H2,1H3,(H3,17,18). The average molecular weight is 257 g/mol. The third-order valence-electron chi connectivity index (χ3n) is 2.93. The van der Waals surface area contributed by atoms with Crippen LogP contribution in [0.3, 0.4) is 0 Å². The molecule has 3 nitrogen and oxygen atoms in total. The van der Waals surface area contributed by atoms with Crippen LogP contribution in [0.25, 0.3) is 0 Å². The van der Waals surface area contributed by atoms with Gasteiger partial charge in [0.25, 0.3) is 0 Å². The van der Waals surface area contributed by atoms with E-state index in [1.807, 2.05) is 30.1 Å². The zero-order chi connectivity index (χ0) is 13.8. The minimum absolute atomic E-state index is 0.0549. The van der Waals surface area contributed by atoms with Crippen molar-refractivity contribution in [1.82, 2.24) is 0 Å². The van der Waals surface area contributed by atoms with Crippen molar-refractivity contribution in [3.05, 3.63) is 65.5 Å². The number of nitrogens with two attached hydrogens (primary N) is 1. The SMILES string of the molecule is CN(Cc1cccc(F)c1)c1ccc(C(=N)N)cc1. The van der Waals surface area contributed by atoms with Crippen molar-refractivity contribution >= 4 is 11.5 Å². The summed E-state index contributed by atoms with van der Waals surface area (Å²) in [6.45, 7) is 0.622. The summed E-state index contributed by atoms with van der Waals surface area (Å²) in [5.41, 5.74) is 8.01. The highest BCUT2D eigenvalue weighted by molar-refractivity contribution is 5.95. The second kappa shape index (κ2) is 5.52. The molecular formula is C15H16FN3. The van der Waals surface area contributed by atoms with Crippen LogP contribution < -0.4 is 10.6 Å². The molecule has 0 heterocycles. The molecule has 0 amide bonds. The second-order valence-electron chi connectivity index (χ2n) is 4.45. The van der Waals surface area contributed by atoms with E-state index in [1.165, 1.54) is 12.1 Å². The van der Waals surface area contributed by atoms with Crippen LogP contribution in [0.1, 0.15) is 11.1 Å². The van der Waals surface area contributed by atoms with E-state index in [9.17, 15) is 4.39 Å². The van der Waals surface area contributed by atoms with Crippen LogP contribution in [0.5, 0.6) is 0 Å². The third kappa shape index (κ3) is 3.31. The highest BCUT2D eigenvalue weighted by atomic mass is 19.1. The molecule has 0 spiro atoms. The molecule has 4 heteroatoms. The first kappa shape index (κ1) is 13.1. The second-order valence-corrected chi connectivity index (χ2v) is 4.45. The molecule has 0 saturated heterocycles. The van der Waals surface area contributed by atoms with E-state index >= 15 is 0 Å². The molecule has 2 aromatic carbocycles. The first-order valence-electron chi connectivity index (χ1n) is 5.96. The summed E-state index contributed by atoms with van der Waals surface area (Å²) >= 11 is 0. The summed E-state index contributed by atoms with van der Waals surface area (Å²) in [6, 6.07) is 14.0. The number of rotatable bonds is 4. The molecule has 0 aliphatic rings. The molecule has 98 valence electrons. The van der Waals surface area contributed by atoms with Crippen molar-refractivity contribution in [2.75, 3.05) is 11.9 Å². The molecule has 19 heavy (non-hydrogen) atoms. The van der Waals surface area contributed by atoms with Gasteiger partial charge in [0.05, 0.1) is 0 Å². The van der Waals surface area contributed by atoms with E-state index in [2.05, 4.69) is 0 Å². The molecule has 0 fully saturated rings. The summed E-state index contributed by atoms with van der Waals surface area (Å²) in [7, 11) is 1.94. The Hall–Kier alpha value is -2.36. The molecule has 0 aliphatic heterocycles. The maximum Gasteiger partial charge on any atom is 0.123 e. The van der Waals surface area contributed by atoms with Crippen LogP contribution in [0.4, 0.5) is 10.1 Å². The van der Waals surface area contributed by atoms with Gasteiger partial charge in [-0.05, 0) is 42.0 Å². The average Bonchev–Trinajstić information content (AvgIpc) is 2.39. The van der Waals surface area contributed by atoms with Crippen molar-refractivity contribution in [2.24, 2.45) is 5.73 Å². The van der Waals surface area contributed by atoms with Gasteiger partial charge >= 0.3 is 0 Å². The van der Waals surface area contributed by atoms with Gasteiger partial charge in [0.15, 0.2) is 0 Å². The Morgan fingerprint density at radius 2 is 1.89 bits per heavy atom. The Balaban J connectivity index is 2.11. The van der Waals surface area contributed by atoms with Gasteiger partial charge < -0.3 is 10.6 Å². The molecule has 2 rings (SSSR count). The first-order valence-corrected chi connectivity index (χ1v) is 5.96. The van der Waals surface area contributed by atoms with E-state index < -0.39 is 0 Å². The van der Waals surface area contributed by atoms with Crippen molar-refractivity contribution in [3.8, 4) is 0 Å². The van der Waals surface area contributed by atoms with Gasteiger partial charge in [-0.15, -0.1) is 0 Å². The van der Waals surface area contributed by atoms with E-state index in [0.29, 0.717) is 12.1 Å². The van der Waals surface area contributed by atoms with Crippen LogP contribution in [-0.4, -0.2) is 12.9 Å². The summed E-state index contributed by atoms with van der Waals surface area (Å²) in [5, 5.41) is 7.34. The summed E-state index contributed by atoms with van der Waals surface area (Å²) in [5.74, 6) is -0.169. The highest BCUT2D eigenvalue weighted by Crippen LogP contribution is 2.16. The number of hydrogen-bond acceptors (Lipinski definition) is 2. The molecule has 0 unspecified atom stereocenters. The number of nitrogens with one attached hydrogen (secondary N) is 1. The Bertz CT molecular complexity index is 578. The Morgan fingerprint density at radius 3 is 2.47 bits per heavy atom. The predicted octanol–water partition coefficient (Wildman–Crippen LogP) is 2.75. The van der Waals surface area contributed by atoms with Crippen LogP contribution >= 0.6 is 0 Å². The molecule has 0 aromatic heterocycles. The van der Waals surface area contributed by atoms with Crippen molar-refractivity contribution in [3.63, 3.8) is 0 Å². The van der Waals surface area contributed by atoms with Gasteiger partial charge in [-0.25, -0.2) is 4.39 Å². The summed E-state index contributed by atoms with van der Waals surface area (Å²) < 4.78 is 13.1. The first-order chi connectivity index (χ1) is 9.06. The lowest BCUT2D eigenvalue weighted by molar-refractivity contribution is 0.625. The number of benzene rings is 2. The largest absolute Gasteiger partial charge is 0.384 e. The topological polar surface area (TPSA) is 53.1 Å². The number of anilines is 1. The highest BCUT2D eigenvalue weighted by Gasteiger charge is 2.04. The minimum atomic E-state index is -0.224. The fourth-order valence-electron chi connectivity index (χ4n) is 1.90. The lowest BCUT2D eigenvalue weighted by Gasteiger charge is -2.19. The van der Waals surface area contributed by atoms with Crippen LogP contribution in [0.15, 0.2) is 48.5 Å². The van der Waals surface area contributed by atoms with E-state index in [1.54, 1.807) is 18.2 Å². The third-order valence-corrected chi connectivity index (χ3v) is 2.93. The summed E-state index contributed by atoms with van der Waals surface area (Å²) in [6.07, 6.45) is 0. The molecule has 3 N–H and O–H groups in total. The smallest absolute Gasteiger partial charge is 0.123 e. The van der Waals surface area contributed by atoms with E-state index in [-0.39, 0.29) is 11.7 Å². The molecule has 0 atom stereocenters. The Labute approximate surface area is 112 Å². The zero-order valence-corrected chi connectivity index (χ0v) is 10.7. The normalized spacial score (nSPS) is 10.2. The molecular weight excluding hydrogens is 241 g/mol. The Kier molecular flexibility index (Phi) is 3.80. The number of hydrogen-bond donors (Lipinski definition) is 2. The fraction of sp³-hybridized carbons (Fsp3) is 0.133. The van der Waals surface area contributed by atoms with Crippen LogP contribution in [-0.2, 0) is 6.54 Å². The Morgan fingerprint density at radius 1 is 1.21 bits per heavy atom. The maximum absolute atomic E-state index is 13.1. The van der Waals surface area contributed by atoms with E-state index in [4.69, 9.17) is 11.1 Å².